The van der Waals surface area contributed by atoms with Crippen LogP contribution in [0.4, 0.5) is 0 Å². The van der Waals surface area contributed by atoms with Crippen molar-refractivity contribution in [1.82, 2.24) is 4.90 Å². The number of carbonyl (C=O) groups is 2. The van der Waals surface area contributed by atoms with E-state index in [0.29, 0.717) is 25.3 Å². The number of amides is 2. The average molecular weight is 185 g/mol. The number of rotatable bonds is 2. The lowest BCUT2D eigenvalue weighted by Crippen LogP contribution is -2.32. The van der Waals surface area contributed by atoms with Gasteiger partial charge in [0.1, 0.15) is 0 Å². The van der Waals surface area contributed by atoms with E-state index < -0.39 is 0 Å². The Morgan fingerprint density at radius 1 is 1.15 bits per heavy atom. The van der Waals surface area contributed by atoms with E-state index in [9.17, 15) is 9.59 Å². The molecule has 0 bridgehead atoms. The summed E-state index contributed by atoms with van der Waals surface area (Å²) in [4.78, 5) is 23.4. The van der Waals surface area contributed by atoms with Gasteiger partial charge in [-0.2, -0.15) is 0 Å². The smallest absolute Gasteiger partial charge is 0.229 e. The van der Waals surface area contributed by atoms with E-state index in [1.807, 2.05) is 27.7 Å². The van der Waals surface area contributed by atoms with Gasteiger partial charge in [-0.05, 0) is 5.92 Å². The van der Waals surface area contributed by atoms with Crippen LogP contribution >= 0.6 is 0 Å². The van der Waals surface area contributed by atoms with Gasteiger partial charge in [0.15, 0.2) is 0 Å². The summed E-state index contributed by atoms with van der Waals surface area (Å²) < 4.78 is 0. The highest BCUT2D eigenvalue weighted by Crippen LogP contribution is 2.13. The summed E-state index contributed by atoms with van der Waals surface area (Å²) in [5.74, 6) is 0.355. The summed E-state index contributed by atoms with van der Waals surface area (Å²) in [6.07, 6.45) is 0.817. The zero-order chi connectivity index (χ0) is 10.4. The van der Waals surface area contributed by atoms with Crippen molar-refractivity contribution < 1.29 is 9.59 Å². The third-order valence-electron chi connectivity index (χ3n) is 1.70. The Morgan fingerprint density at radius 3 is 1.85 bits per heavy atom. The standard InChI is InChI=1S/C8H13NO2.C2H6/c1-6(2)5-9-7(10)3-4-8(9)11;1-2/h6H,3-5H2,1-2H3;1-2H3. The molecule has 0 atom stereocenters. The maximum absolute atomic E-state index is 11.0. The molecule has 0 N–H and O–H groups in total. The van der Waals surface area contributed by atoms with Gasteiger partial charge in [0, 0.05) is 19.4 Å². The Morgan fingerprint density at radius 2 is 1.54 bits per heavy atom. The van der Waals surface area contributed by atoms with Crippen LogP contribution in [0, 0.1) is 5.92 Å². The van der Waals surface area contributed by atoms with Gasteiger partial charge in [0.05, 0.1) is 0 Å². The second kappa shape index (κ2) is 5.73. The Bertz CT molecular complexity index is 171. The van der Waals surface area contributed by atoms with E-state index >= 15 is 0 Å². The molecule has 3 heteroatoms. The Hall–Kier alpha value is -0.860. The van der Waals surface area contributed by atoms with Crippen LogP contribution in [0.25, 0.3) is 0 Å². The number of hydrogen-bond donors (Lipinski definition) is 0. The molecule has 1 rings (SSSR count). The summed E-state index contributed by atoms with van der Waals surface area (Å²) in [7, 11) is 0. The molecule has 0 aromatic rings. The largest absolute Gasteiger partial charge is 0.282 e. The molecule has 0 aromatic carbocycles. The fraction of sp³-hybridized carbons (Fsp3) is 0.800. The van der Waals surface area contributed by atoms with E-state index in [0.717, 1.165) is 0 Å². The van der Waals surface area contributed by atoms with Gasteiger partial charge in [-0.25, -0.2) is 0 Å². The molecular weight excluding hydrogens is 166 g/mol. The average Bonchev–Trinajstić information content (AvgIpc) is 2.39. The van der Waals surface area contributed by atoms with Gasteiger partial charge in [0.25, 0.3) is 0 Å². The molecule has 1 saturated heterocycles. The van der Waals surface area contributed by atoms with E-state index in [1.165, 1.54) is 4.90 Å². The van der Waals surface area contributed by atoms with Crippen molar-refractivity contribution in [2.75, 3.05) is 6.54 Å². The van der Waals surface area contributed by atoms with Gasteiger partial charge < -0.3 is 0 Å². The zero-order valence-electron chi connectivity index (χ0n) is 8.96. The maximum Gasteiger partial charge on any atom is 0.229 e. The molecule has 13 heavy (non-hydrogen) atoms. The summed E-state index contributed by atoms with van der Waals surface area (Å²) in [6, 6.07) is 0. The molecule has 0 aromatic heterocycles. The van der Waals surface area contributed by atoms with Gasteiger partial charge in [0.2, 0.25) is 11.8 Å². The molecule has 76 valence electrons. The molecule has 0 spiro atoms. The van der Waals surface area contributed by atoms with Crippen LogP contribution in [0.5, 0.6) is 0 Å². The van der Waals surface area contributed by atoms with Crippen LogP contribution in [-0.2, 0) is 9.59 Å². The van der Waals surface area contributed by atoms with Crippen molar-refractivity contribution in [2.45, 2.75) is 40.5 Å². The SMILES string of the molecule is CC.CC(C)CN1C(=O)CCC1=O. The van der Waals surface area contributed by atoms with Gasteiger partial charge in [-0.15, -0.1) is 0 Å². The van der Waals surface area contributed by atoms with Crippen LogP contribution in [0.15, 0.2) is 0 Å². The third kappa shape index (κ3) is 3.57. The highest BCUT2D eigenvalue weighted by molar-refractivity contribution is 6.01. The minimum absolute atomic E-state index is 0.0105. The van der Waals surface area contributed by atoms with E-state index in [-0.39, 0.29) is 11.8 Å². The van der Waals surface area contributed by atoms with Gasteiger partial charge in [-0.1, -0.05) is 27.7 Å². The molecule has 0 aliphatic carbocycles. The van der Waals surface area contributed by atoms with Crippen molar-refractivity contribution in [3.8, 4) is 0 Å². The second-order valence-corrected chi connectivity index (χ2v) is 3.29. The van der Waals surface area contributed by atoms with Crippen LogP contribution in [0.3, 0.4) is 0 Å². The summed E-state index contributed by atoms with van der Waals surface area (Å²) in [5, 5.41) is 0. The fourth-order valence-electron chi connectivity index (χ4n) is 1.19. The Balaban J connectivity index is 0.000000671. The fourth-order valence-corrected chi connectivity index (χ4v) is 1.19. The van der Waals surface area contributed by atoms with E-state index in [2.05, 4.69) is 0 Å². The second-order valence-electron chi connectivity index (χ2n) is 3.29. The van der Waals surface area contributed by atoms with E-state index in [1.54, 1.807) is 0 Å². The molecule has 1 aliphatic heterocycles. The van der Waals surface area contributed by atoms with Crippen molar-refractivity contribution >= 4 is 11.8 Å². The maximum atomic E-state index is 11.0. The van der Waals surface area contributed by atoms with E-state index in [4.69, 9.17) is 0 Å². The number of nitrogens with zero attached hydrogens (tertiary/aromatic N) is 1. The predicted octanol–water partition coefficient (Wildman–Crippen LogP) is 1.82. The van der Waals surface area contributed by atoms with Crippen LogP contribution in [-0.4, -0.2) is 23.3 Å². The molecule has 0 unspecified atom stereocenters. The molecule has 3 nitrogen and oxygen atoms in total. The van der Waals surface area contributed by atoms with Crippen LogP contribution in [0.2, 0.25) is 0 Å². The monoisotopic (exact) mass is 185 g/mol. The zero-order valence-corrected chi connectivity index (χ0v) is 8.96. The van der Waals surface area contributed by atoms with Crippen molar-refractivity contribution in [2.24, 2.45) is 5.92 Å². The Kier molecular flexibility index (Phi) is 5.35. The van der Waals surface area contributed by atoms with Crippen LogP contribution < -0.4 is 0 Å². The summed E-state index contributed by atoms with van der Waals surface area (Å²) >= 11 is 0. The van der Waals surface area contributed by atoms with Crippen molar-refractivity contribution in [1.29, 1.82) is 0 Å². The van der Waals surface area contributed by atoms with Crippen molar-refractivity contribution in [3.63, 3.8) is 0 Å². The number of imide groups is 1. The predicted molar refractivity (Wildman–Crippen MR) is 52.1 cm³/mol. The number of carbonyl (C=O) groups excluding carboxylic acids is 2. The minimum Gasteiger partial charge on any atom is -0.282 e. The van der Waals surface area contributed by atoms with Crippen molar-refractivity contribution in [3.05, 3.63) is 0 Å². The molecule has 0 radical (unpaired) electrons. The first-order valence-electron chi connectivity index (χ1n) is 4.94. The van der Waals surface area contributed by atoms with Gasteiger partial charge >= 0.3 is 0 Å². The highest BCUT2D eigenvalue weighted by atomic mass is 16.2. The molecule has 2 amide bonds. The first-order valence-corrected chi connectivity index (χ1v) is 4.94. The Labute approximate surface area is 80.1 Å². The summed E-state index contributed by atoms with van der Waals surface area (Å²) in [5.41, 5.74) is 0. The minimum atomic E-state index is -0.0105. The lowest BCUT2D eigenvalue weighted by atomic mass is 10.2. The topological polar surface area (TPSA) is 37.4 Å². The normalized spacial score (nSPS) is 16.2. The molecule has 1 heterocycles. The summed E-state index contributed by atoms with van der Waals surface area (Å²) in [6.45, 7) is 8.58. The van der Waals surface area contributed by atoms with Crippen LogP contribution in [0.1, 0.15) is 40.5 Å². The quantitative estimate of drug-likeness (QED) is 0.615. The first-order chi connectivity index (χ1) is 6.11. The lowest BCUT2D eigenvalue weighted by molar-refractivity contribution is -0.138. The molecule has 1 aliphatic rings. The molecule has 0 saturated carbocycles. The highest BCUT2D eigenvalue weighted by Gasteiger charge is 2.28. The van der Waals surface area contributed by atoms with Gasteiger partial charge in [-0.3, -0.25) is 14.5 Å². The third-order valence-corrected chi connectivity index (χ3v) is 1.70. The number of likely N-dealkylation sites (tertiary alicyclic amines) is 1. The molecular formula is C10H19NO2. The first kappa shape index (κ1) is 12.1. The lowest BCUT2D eigenvalue weighted by Gasteiger charge is -2.15. The molecule has 1 fully saturated rings. The number of hydrogen-bond acceptors (Lipinski definition) is 2.